The molecule has 1 aliphatic heterocycles. The Labute approximate surface area is 151 Å². The van der Waals surface area contributed by atoms with Gasteiger partial charge in [0, 0.05) is 12.0 Å². The van der Waals surface area contributed by atoms with Gasteiger partial charge in [0.15, 0.2) is 0 Å². The van der Waals surface area contributed by atoms with Gasteiger partial charge in [-0.1, -0.05) is 52.9 Å². The lowest BCUT2D eigenvalue weighted by molar-refractivity contribution is -0.165. The molecule has 25 heavy (non-hydrogen) atoms. The number of Topliss-reactive ketones (excluding diaryl/α,β-unsaturated/α-hetero) is 1. The molecule has 5 heteroatoms. The lowest BCUT2D eigenvalue weighted by Crippen LogP contribution is -2.59. The minimum Gasteiger partial charge on any atom is -0.464 e. The third kappa shape index (κ3) is 5.05. The Balaban J connectivity index is 1.72. The lowest BCUT2D eigenvalue weighted by Gasteiger charge is -2.39. The van der Waals surface area contributed by atoms with E-state index >= 15 is 0 Å². The first-order valence-electron chi connectivity index (χ1n) is 9.89. The Morgan fingerprint density at radius 1 is 1.08 bits per heavy atom. The zero-order valence-corrected chi connectivity index (χ0v) is 16.0. The predicted octanol–water partition coefficient (Wildman–Crippen LogP) is 3.50. The molecule has 1 aliphatic carbocycles. The first-order valence-corrected chi connectivity index (χ1v) is 9.89. The Bertz CT molecular complexity index is 494. The molecular weight excluding hydrogens is 318 g/mol. The van der Waals surface area contributed by atoms with Crippen molar-refractivity contribution >= 4 is 17.7 Å². The van der Waals surface area contributed by atoms with Crippen LogP contribution in [0.3, 0.4) is 0 Å². The Hall–Kier alpha value is -1.39. The van der Waals surface area contributed by atoms with Gasteiger partial charge < -0.3 is 9.64 Å². The van der Waals surface area contributed by atoms with Crippen molar-refractivity contribution in [1.29, 1.82) is 0 Å². The molecule has 1 heterocycles. The number of likely N-dealkylation sites (tertiary alicyclic amines) is 1. The summed E-state index contributed by atoms with van der Waals surface area (Å²) in [6.45, 7) is 6.31. The number of hydrogen-bond donors (Lipinski definition) is 0. The van der Waals surface area contributed by atoms with E-state index in [0.717, 1.165) is 18.8 Å². The van der Waals surface area contributed by atoms with Gasteiger partial charge in [-0.05, 0) is 31.6 Å². The molecule has 2 rings (SSSR count). The quantitative estimate of drug-likeness (QED) is 0.381. The number of nitrogens with zero attached hydrogens (tertiary/aromatic N) is 1. The molecule has 1 saturated heterocycles. The minimum absolute atomic E-state index is 0.356. The first kappa shape index (κ1) is 19.9. The maximum absolute atomic E-state index is 12.4. The van der Waals surface area contributed by atoms with Crippen LogP contribution in [-0.2, 0) is 19.1 Å². The highest BCUT2D eigenvalue weighted by Gasteiger charge is 2.44. The Kier molecular flexibility index (Phi) is 7.03. The summed E-state index contributed by atoms with van der Waals surface area (Å²) in [5.41, 5.74) is -0.679. The van der Waals surface area contributed by atoms with Crippen molar-refractivity contribution in [1.82, 2.24) is 4.90 Å². The van der Waals surface area contributed by atoms with Crippen molar-refractivity contribution in [3.05, 3.63) is 0 Å². The third-order valence-electron chi connectivity index (χ3n) is 5.97. The summed E-state index contributed by atoms with van der Waals surface area (Å²) in [4.78, 5) is 38.2. The van der Waals surface area contributed by atoms with E-state index in [4.69, 9.17) is 4.74 Å². The van der Waals surface area contributed by atoms with Crippen molar-refractivity contribution in [2.75, 3.05) is 13.2 Å². The third-order valence-corrected chi connectivity index (χ3v) is 5.97. The van der Waals surface area contributed by atoms with Crippen LogP contribution in [0.1, 0.15) is 78.6 Å². The van der Waals surface area contributed by atoms with Gasteiger partial charge in [0.2, 0.25) is 5.78 Å². The van der Waals surface area contributed by atoms with Crippen molar-refractivity contribution in [2.45, 2.75) is 84.6 Å². The van der Waals surface area contributed by atoms with E-state index in [2.05, 4.69) is 0 Å². The van der Waals surface area contributed by atoms with Crippen LogP contribution in [0.25, 0.3) is 0 Å². The van der Waals surface area contributed by atoms with Crippen LogP contribution in [0.4, 0.5) is 0 Å². The molecule has 1 saturated carbocycles. The number of ketones is 1. The number of amides is 1. The van der Waals surface area contributed by atoms with Gasteiger partial charge in [-0.15, -0.1) is 0 Å². The summed E-state index contributed by atoms with van der Waals surface area (Å²) >= 11 is 0. The lowest BCUT2D eigenvalue weighted by atomic mass is 9.84. The molecule has 142 valence electrons. The molecule has 0 bridgehead atoms. The predicted molar refractivity (Wildman–Crippen MR) is 96.0 cm³/mol. The average molecular weight is 351 g/mol. The second kappa shape index (κ2) is 8.81. The number of hydrogen-bond acceptors (Lipinski definition) is 4. The molecule has 2 aliphatic rings. The number of rotatable bonds is 8. The minimum atomic E-state index is -0.679. The highest BCUT2D eigenvalue weighted by atomic mass is 16.5. The summed E-state index contributed by atoms with van der Waals surface area (Å²) in [7, 11) is 0. The zero-order chi connectivity index (χ0) is 18.4. The largest absolute Gasteiger partial charge is 0.464 e. The van der Waals surface area contributed by atoms with Crippen molar-refractivity contribution < 1.29 is 19.1 Å². The summed E-state index contributed by atoms with van der Waals surface area (Å²) in [6.07, 6.45) is 9.79. The molecule has 0 spiro atoms. The Morgan fingerprint density at radius 2 is 1.76 bits per heavy atom. The molecule has 5 nitrogen and oxygen atoms in total. The monoisotopic (exact) mass is 351 g/mol. The second-order valence-corrected chi connectivity index (χ2v) is 8.18. The van der Waals surface area contributed by atoms with Crippen molar-refractivity contribution in [3.8, 4) is 0 Å². The average Bonchev–Trinajstić information content (AvgIpc) is 2.58. The van der Waals surface area contributed by atoms with Crippen molar-refractivity contribution in [3.63, 3.8) is 0 Å². The van der Waals surface area contributed by atoms with E-state index in [1.165, 1.54) is 37.0 Å². The van der Waals surface area contributed by atoms with E-state index in [1.807, 2.05) is 6.92 Å². The van der Waals surface area contributed by atoms with Gasteiger partial charge >= 0.3 is 5.97 Å². The number of carbonyl (C=O) groups excluding carboxylic acids is 3. The molecule has 0 aromatic heterocycles. The highest BCUT2D eigenvalue weighted by Crippen LogP contribution is 2.28. The van der Waals surface area contributed by atoms with Crippen molar-refractivity contribution in [2.24, 2.45) is 11.3 Å². The van der Waals surface area contributed by atoms with E-state index < -0.39 is 23.1 Å². The summed E-state index contributed by atoms with van der Waals surface area (Å²) in [5.74, 6) is -0.527. The first-order chi connectivity index (χ1) is 11.9. The van der Waals surface area contributed by atoms with Crippen LogP contribution in [0.15, 0.2) is 0 Å². The van der Waals surface area contributed by atoms with Crippen LogP contribution in [0, 0.1) is 11.3 Å². The molecule has 0 unspecified atom stereocenters. The molecule has 2 fully saturated rings. The molecule has 1 amide bonds. The molecule has 0 N–H and O–H groups in total. The van der Waals surface area contributed by atoms with Gasteiger partial charge in [-0.25, -0.2) is 4.79 Å². The van der Waals surface area contributed by atoms with Gasteiger partial charge in [-0.2, -0.15) is 0 Å². The van der Waals surface area contributed by atoms with E-state index in [0.29, 0.717) is 26.0 Å². The number of carbonyl (C=O) groups is 3. The summed E-state index contributed by atoms with van der Waals surface area (Å²) in [6, 6.07) is -0.571. The maximum atomic E-state index is 12.4. The molecule has 0 radical (unpaired) electrons. The number of ether oxygens (including phenoxy) is 1. The van der Waals surface area contributed by atoms with Crippen LogP contribution in [0.2, 0.25) is 0 Å². The molecular formula is C20H33NO4. The van der Waals surface area contributed by atoms with E-state index in [-0.39, 0.29) is 5.97 Å². The standard InChI is InChI=1S/C20H33NO4/c1-4-20(2,3)17(22)18(23)21-13-12-16(21)19(24)25-14-8-11-15-9-6-5-7-10-15/h15-16H,4-14H2,1-3H3/t16-/m0/s1. The highest BCUT2D eigenvalue weighted by molar-refractivity contribution is 6.38. The van der Waals surface area contributed by atoms with Gasteiger partial charge in [0.1, 0.15) is 6.04 Å². The summed E-state index contributed by atoms with van der Waals surface area (Å²) < 4.78 is 5.36. The molecule has 0 aromatic rings. The fourth-order valence-corrected chi connectivity index (χ4v) is 3.57. The van der Waals surface area contributed by atoms with Crippen LogP contribution in [-0.4, -0.2) is 41.8 Å². The molecule has 1 atom stereocenters. The van der Waals surface area contributed by atoms with E-state index in [9.17, 15) is 14.4 Å². The Morgan fingerprint density at radius 3 is 2.32 bits per heavy atom. The summed E-state index contributed by atoms with van der Waals surface area (Å²) in [5, 5.41) is 0. The fraction of sp³-hybridized carbons (Fsp3) is 0.850. The van der Waals surface area contributed by atoms with E-state index in [1.54, 1.807) is 13.8 Å². The SMILES string of the molecule is CCC(C)(C)C(=O)C(=O)N1CC[C@H]1C(=O)OCCCC1CCCCC1. The van der Waals surface area contributed by atoms with Crippen LogP contribution in [0.5, 0.6) is 0 Å². The number of esters is 1. The topological polar surface area (TPSA) is 63.7 Å². The zero-order valence-electron chi connectivity index (χ0n) is 16.0. The second-order valence-electron chi connectivity index (χ2n) is 8.18. The van der Waals surface area contributed by atoms with Gasteiger partial charge in [-0.3, -0.25) is 9.59 Å². The molecule has 0 aromatic carbocycles. The fourth-order valence-electron chi connectivity index (χ4n) is 3.57. The van der Waals surface area contributed by atoms with Crippen LogP contribution < -0.4 is 0 Å². The van der Waals surface area contributed by atoms with Gasteiger partial charge in [0.05, 0.1) is 6.61 Å². The van der Waals surface area contributed by atoms with Gasteiger partial charge in [0.25, 0.3) is 5.91 Å². The smallest absolute Gasteiger partial charge is 0.328 e. The maximum Gasteiger partial charge on any atom is 0.328 e. The van der Waals surface area contributed by atoms with Crippen LogP contribution >= 0.6 is 0 Å². The normalized spacial score (nSPS) is 21.6.